The summed E-state index contributed by atoms with van der Waals surface area (Å²) in [6.45, 7) is 0.686. The zero-order valence-corrected chi connectivity index (χ0v) is 18.0. The molecule has 160 valence electrons. The molecular weight excluding hydrogens is 438 g/mol. The summed E-state index contributed by atoms with van der Waals surface area (Å²) in [5.41, 5.74) is 0.811. The molecule has 0 radical (unpaired) electrons. The van der Waals surface area contributed by atoms with Crippen molar-refractivity contribution in [3.05, 3.63) is 65.2 Å². The highest BCUT2D eigenvalue weighted by Gasteiger charge is 2.32. The van der Waals surface area contributed by atoms with Gasteiger partial charge in [0, 0.05) is 17.8 Å². The lowest BCUT2D eigenvalue weighted by Crippen LogP contribution is -2.40. The van der Waals surface area contributed by atoms with Crippen LogP contribution in [0.3, 0.4) is 0 Å². The number of thiazole rings is 1. The quantitative estimate of drug-likeness (QED) is 0.647. The fraction of sp³-hybridized carbons (Fsp3) is 0.238. The molecule has 0 bridgehead atoms. The summed E-state index contributed by atoms with van der Waals surface area (Å²) in [6.07, 6.45) is -0.296. The van der Waals surface area contributed by atoms with E-state index in [0.29, 0.717) is 29.6 Å². The number of nitrogens with one attached hydrogen (secondary N) is 1. The molecule has 2 aliphatic rings. The number of rotatable bonds is 4. The average Bonchev–Trinajstić information content (AvgIpc) is 3.20. The van der Waals surface area contributed by atoms with Crippen LogP contribution in [0.4, 0.5) is 5.13 Å². The Kier molecular flexibility index (Phi) is 5.12. The monoisotopic (exact) mass is 457 g/mol. The molecule has 0 spiro atoms. The highest BCUT2D eigenvalue weighted by molar-refractivity contribution is 7.89. The van der Waals surface area contributed by atoms with Gasteiger partial charge in [-0.3, -0.25) is 10.1 Å². The lowest BCUT2D eigenvalue weighted by molar-refractivity contribution is -0.125. The summed E-state index contributed by atoms with van der Waals surface area (Å²) in [6, 6.07) is 15.6. The third-order valence-electron chi connectivity index (χ3n) is 5.11. The zero-order valence-electron chi connectivity index (χ0n) is 16.4. The van der Waals surface area contributed by atoms with Gasteiger partial charge in [-0.25, -0.2) is 13.4 Å². The molecule has 0 fully saturated rings. The van der Waals surface area contributed by atoms with Gasteiger partial charge in [0.05, 0.1) is 17.1 Å². The van der Waals surface area contributed by atoms with Crippen LogP contribution in [0, 0.1) is 0 Å². The Balaban J connectivity index is 1.28. The van der Waals surface area contributed by atoms with Crippen LogP contribution in [-0.4, -0.2) is 42.9 Å². The molecule has 10 heteroatoms. The molecule has 1 atom stereocenters. The van der Waals surface area contributed by atoms with Gasteiger partial charge in [0.25, 0.3) is 5.91 Å². The highest BCUT2D eigenvalue weighted by atomic mass is 32.2. The number of carbonyl (C=O) groups is 1. The van der Waals surface area contributed by atoms with Gasteiger partial charge in [-0.15, -0.1) is 11.3 Å². The molecule has 3 aromatic rings. The predicted molar refractivity (Wildman–Crippen MR) is 115 cm³/mol. The molecule has 0 aliphatic carbocycles. The van der Waals surface area contributed by atoms with Crippen molar-refractivity contribution in [3.63, 3.8) is 0 Å². The van der Waals surface area contributed by atoms with Gasteiger partial charge in [0.2, 0.25) is 16.1 Å². The van der Waals surface area contributed by atoms with Crippen LogP contribution in [0.25, 0.3) is 0 Å². The lowest BCUT2D eigenvalue weighted by Gasteiger charge is -2.25. The van der Waals surface area contributed by atoms with E-state index in [4.69, 9.17) is 9.47 Å². The van der Waals surface area contributed by atoms with Crippen molar-refractivity contribution in [3.8, 4) is 11.5 Å². The number of hydrogen-bond donors (Lipinski definition) is 1. The van der Waals surface area contributed by atoms with Gasteiger partial charge in [-0.1, -0.05) is 30.3 Å². The Morgan fingerprint density at radius 1 is 1.10 bits per heavy atom. The van der Waals surface area contributed by atoms with Crippen molar-refractivity contribution < 1.29 is 22.7 Å². The molecule has 1 unspecified atom stereocenters. The molecule has 0 saturated heterocycles. The summed E-state index contributed by atoms with van der Waals surface area (Å²) in [4.78, 5) is 18.2. The van der Waals surface area contributed by atoms with Crippen molar-refractivity contribution in [2.24, 2.45) is 0 Å². The van der Waals surface area contributed by atoms with Crippen molar-refractivity contribution >= 4 is 32.4 Å². The van der Waals surface area contributed by atoms with E-state index in [1.54, 1.807) is 42.5 Å². The van der Waals surface area contributed by atoms with Gasteiger partial charge >= 0.3 is 0 Å². The number of ether oxygens (including phenoxy) is 2. The van der Waals surface area contributed by atoms with Crippen LogP contribution >= 0.6 is 11.3 Å². The van der Waals surface area contributed by atoms with E-state index in [2.05, 4.69) is 10.3 Å². The molecule has 31 heavy (non-hydrogen) atoms. The molecule has 5 rings (SSSR count). The zero-order chi connectivity index (χ0) is 21.4. The largest absolute Gasteiger partial charge is 0.485 e. The first kappa shape index (κ1) is 20.0. The minimum absolute atomic E-state index is 0.108. The number of para-hydroxylation sites is 2. The third kappa shape index (κ3) is 3.89. The SMILES string of the molecule is O=C(Nc1nc2c(s1)CN(S(=O)(=O)c1ccccc1)CC2)C1COc2ccccc2O1. The maximum atomic E-state index is 12.9. The molecule has 1 aromatic heterocycles. The van der Waals surface area contributed by atoms with Gasteiger partial charge in [-0.05, 0) is 24.3 Å². The number of nitrogens with zero attached hydrogens (tertiary/aromatic N) is 2. The average molecular weight is 458 g/mol. The minimum atomic E-state index is -3.58. The second-order valence-corrected chi connectivity index (χ2v) is 10.2. The van der Waals surface area contributed by atoms with Crippen LogP contribution < -0.4 is 14.8 Å². The summed E-state index contributed by atoms with van der Waals surface area (Å²) in [5.74, 6) is 0.777. The lowest BCUT2D eigenvalue weighted by atomic mass is 10.2. The first-order valence-electron chi connectivity index (χ1n) is 9.74. The Bertz CT molecular complexity index is 1230. The fourth-order valence-corrected chi connectivity index (χ4v) is 6.05. The number of hydrogen-bond acceptors (Lipinski definition) is 7. The number of anilines is 1. The normalized spacial score (nSPS) is 18.3. The molecular formula is C21H19N3O5S2. The molecule has 2 aliphatic heterocycles. The van der Waals surface area contributed by atoms with E-state index in [1.165, 1.54) is 15.6 Å². The molecule has 1 amide bonds. The fourth-order valence-electron chi connectivity index (χ4n) is 3.51. The summed E-state index contributed by atoms with van der Waals surface area (Å²) < 4.78 is 38.6. The Labute approximate surface area is 183 Å². The standard InChI is InChI=1S/C21H19N3O5S2/c25-20(18-13-28-16-8-4-5-9-17(16)29-18)23-21-22-15-10-11-24(12-19(15)30-21)31(26,27)14-6-2-1-3-7-14/h1-9,18H,10-13H2,(H,22,23,25). The topological polar surface area (TPSA) is 97.8 Å². The first-order chi connectivity index (χ1) is 15.0. The molecule has 8 nitrogen and oxygen atoms in total. The third-order valence-corrected chi connectivity index (χ3v) is 7.97. The smallest absolute Gasteiger partial charge is 0.270 e. The van der Waals surface area contributed by atoms with Crippen molar-refractivity contribution in [2.75, 3.05) is 18.5 Å². The van der Waals surface area contributed by atoms with E-state index >= 15 is 0 Å². The number of carbonyl (C=O) groups excluding carboxylic acids is 1. The van der Waals surface area contributed by atoms with Gasteiger partial charge in [0.15, 0.2) is 16.6 Å². The second kappa shape index (κ2) is 7.95. The first-order valence-corrected chi connectivity index (χ1v) is 12.0. The summed E-state index contributed by atoms with van der Waals surface area (Å²) in [7, 11) is -3.58. The molecule has 2 aromatic carbocycles. The predicted octanol–water partition coefficient (Wildman–Crippen LogP) is 2.67. The Hall–Kier alpha value is -2.95. The van der Waals surface area contributed by atoms with E-state index in [1.807, 2.05) is 12.1 Å². The maximum Gasteiger partial charge on any atom is 0.270 e. The van der Waals surface area contributed by atoms with Gasteiger partial charge in [0.1, 0.15) is 6.61 Å². The van der Waals surface area contributed by atoms with Crippen molar-refractivity contribution in [1.29, 1.82) is 0 Å². The molecule has 3 heterocycles. The minimum Gasteiger partial charge on any atom is -0.485 e. The molecule has 1 N–H and O–H groups in total. The van der Waals surface area contributed by atoms with Crippen LogP contribution in [0.15, 0.2) is 59.5 Å². The second-order valence-electron chi connectivity index (χ2n) is 7.14. The number of amides is 1. The van der Waals surface area contributed by atoms with Crippen LogP contribution in [0.2, 0.25) is 0 Å². The van der Waals surface area contributed by atoms with Crippen LogP contribution in [0.5, 0.6) is 11.5 Å². The van der Waals surface area contributed by atoms with Crippen molar-refractivity contribution in [1.82, 2.24) is 9.29 Å². The molecule has 0 saturated carbocycles. The number of sulfonamides is 1. The number of benzene rings is 2. The van der Waals surface area contributed by atoms with Crippen LogP contribution in [0.1, 0.15) is 10.6 Å². The van der Waals surface area contributed by atoms with Gasteiger partial charge < -0.3 is 9.47 Å². The Morgan fingerprint density at radius 3 is 2.65 bits per heavy atom. The van der Waals surface area contributed by atoms with Gasteiger partial charge in [-0.2, -0.15) is 4.31 Å². The van der Waals surface area contributed by atoms with E-state index in [-0.39, 0.29) is 24.0 Å². The van der Waals surface area contributed by atoms with E-state index < -0.39 is 16.1 Å². The highest BCUT2D eigenvalue weighted by Crippen LogP contribution is 2.33. The summed E-state index contributed by atoms with van der Waals surface area (Å²) in [5, 5.41) is 3.21. The van der Waals surface area contributed by atoms with E-state index in [9.17, 15) is 13.2 Å². The van der Waals surface area contributed by atoms with Crippen molar-refractivity contribution in [2.45, 2.75) is 24.0 Å². The maximum absolute atomic E-state index is 12.9. The summed E-state index contributed by atoms with van der Waals surface area (Å²) >= 11 is 1.28. The van der Waals surface area contributed by atoms with Crippen LogP contribution in [-0.2, 0) is 27.8 Å². The Morgan fingerprint density at radius 2 is 1.84 bits per heavy atom. The number of fused-ring (bicyclic) bond motifs is 2. The van der Waals surface area contributed by atoms with E-state index in [0.717, 1.165) is 10.6 Å². The number of aromatic nitrogens is 1.